The van der Waals surface area contributed by atoms with Gasteiger partial charge in [0.2, 0.25) is 0 Å². The Kier molecular flexibility index (Phi) is 6.79. The Morgan fingerprint density at radius 1 is 1.32 bits per heavy atom. The molecule has 106 valence electrons. The molecule has 0 spiro atoms. The number of ketones is 1. The van der Waals surface area contributed by atoms with Crippen molar-refractivity contribution in [3.8, 4) is 0 Å². The van der Waals surface area contributed by atoms with Gasteiger partial charge >= 0.3 is 0 Å². The van der Waals surface area contributed by atoms with Crippen molar-refractivity contribution in [2.24, 2.45) is 11.7 Å². The van der Waals surface area contributed by atoms with Crippen LogP contribution in [0.4, 0.5) is 0 Å². The molecule has 0 amide bonds. The van der Waals surface area contributed by atoms with Crippen molar-refractivity contribution in [1.29, 1.82) is 0 Å². The highest BCUT2D eigenvalue weighted by Gasteiger charge is 2.15. The minimum absolute atomic E-state index is 0.282. The maximum Gasteiger partial charge on any atom is 0.133 e. The summed E-state index contributed by atoms with van der Waals surface area (Å²) in [4.78, 5) is 11.7. The van der Waals surface area contributed by atoms with Crippen molar-refractivity contribution in [2.45, 2.75) is 52.4 Å². The van der Waals surface area contributed by atoms with Crippen molar-refractivity contribution in [3.63, 3.8) is 0 Å². The van der Waals surface area contributed by atoms with Crippen molar-refractivity contribution < 1.29 is 4.79 Å². The second-order valence-electron chi connectivity index (χ2n) is 5.71. The predicted octanol–water partition coefficient (Wildman–Crippen LogP) is 3.69. The van der Waals surface area contributed by atoms with E-state index in [0.29, 0.717) is 31.1 Å². The maximum atomic E-state index is 11.7. The number of hydrogen-bond donors (Lipinski definition) is 1. The Bertz CT molecular complexity index is 398. The molecular weight excluding hydrogens is 234 g/mol. The van der Waals surface area contributed by atoms with Crippen LogP contribution in [0.2, 0.25) is 0 Å². The fourth-order valence-electron chi connectivity index (χ4n) is 2.45. The van der Waals surface area contributed by atoms with Gasteiger partial charge in [-0.15, -0.1) is 0 Å². The lowest BCUT2D eigenvalue weighted by atomic mass is 9.88. The first-order chi connectivity index (χ1) is 9.06. The molecule has 2 N–H and O–H groups in total. The molecule has 1 atom stereocenters. The Morgan fingerprint density at radius 2 is 2.05 bits per heavy atom. The van der Waals surface area contributed by atoms with Gasteiger partial charge in [0.25, 0.3) is 0 Å². The molecule has 0 aliphatic carbocycles. The standard InChI is InChI=1S/C17H27NO/c1-4-17(19)12-16(8-9-18)15-7-5-6-14(11-15)10-13(2)3/h5-7,11,13,16H,4,8-10,12,18H2,1-3H3/t16-/m1/s1. The quantitative estimate of drug-likeness (QED) is 0.775. The molecule has 0 aromatic heterocycles. The molecule has 0 aliphatic heterocycles. The van der Waals surface area contributed by atoms with Crippen LogP contribution in [0.3, 0.4) is 0 Å². The molecule has 0 fully saturated rings. The molecule has 1 aromatic rings. The van der Waals surface area contributed by atoms with Crippen LogP contribution in [-0.2, 0) is 11.2 Å². The highest BCUT2D eigenvalue weighted by Crippen LogP contribution is 2.25. The number of rotatable bonds is 8. The molecule has 0 radical (unpaired) electrons. The zero-order chi connectivity index (χ0) is 14.3. The number of nitrogens with two attached hydrogens (primary N) is 1. The van der Waals surface area contributed by atoms with Gasteiger partial charge in [-0.2, -0.15) is 0 Å². The van der Waals surface area contributed by atoms with E-state index in [1.165, 1.54) is 11.1 Å². The van der Waals surface area contributed by atoms with E-state index in [9.17, 15) is 4.79 Å². The van der Waals surface area contributed by atoms with Crippen molar-refractivity contribution in [3.05, 3.63) is 35.4 Å². The maximum absolute atomic E-state index is 11.7. The summed E-state index contributed by atoms with van der Waals surface area (Å²) in [5.74, 6) is 1.26. The van der Waals surface area contributed by atoms with Crippen LogP contribution in [0.15, 0.2) is 24.3 Å². The van der Waals surface area contributed by atoms with Crippen molar-refractivity contribution >= 4 is 5.78 Å². The van der Waals surface area contributed by atoms with Gasteiger partial charge in [0.1, 0.15) is 5.78 Å². The SMILES string of the molecule is CCC(=O)C[C@@H](CCN)c1cccc(CC(C)C)c1. The molecule has 0 bridgehead atoms. The second kappa shape index (κ2) is 8.11. The first-order valence-corrected chi connectivity index (χ1v) is 7.37. The van der Waals surface area contributed by atoms with Gasteiger partial charge < -0.3 is 5.73 Å². The molecular formula is C17H27NO. The van der Waals surface area contributed by atoms with E-state index in [2.05, 4.69) is 38.1 Å². The summed E-state index contributed by atoms with van der Waals surface area (Å²) in [5, 5.41) is 0. The lowest BCUT2D eigenvalue weighted by Crippen LogP contribution is -2.12. The number of benzene rings is 1. The van der Waals surface area contributed by atoms with E-state index in [-0.39, 0.29) is 5.92 Å². The molecule has 19 heavy (non-hydrogen) atoms. The summed E-state index contributed by atoms with van der Waals surface area (Å²) in [6.45, 7) is 7.02. The van der Waals surface area contributed by atoms with E-state index < -0.39 is 0 Å². The largest absolute Gasteiger partial charge is 0.330 e. The average Bonchev–Trinajstić information content (AvgIpc) is 2.37. The smallest absolute Gasteiger partial charge is 0.133 e. The summed E-state index contributed by atoms with van der Waals surface area (Å²) < 4.78 is 0. The van der Waals surface area contributed by atoms with Crippen LogP contribution in [-0.4, -0.2) is 12.3 Å². The zero-order valence-corrected chi connectivity index (χ0v) is 12.5. The minimum atomic E-state index is 0.282. The zero-order valence-electron chi connectivity index (χ0n) is 12.5. The minimum Gasteiger partial charge on any atom is -0.330 e. The van der Waals surface area contributed by atoms with E-state index in [4.69, 9.17) is 5.73 Å². The molecule has 2 nitrogen and oxygen atoms in total. The fourth-order valence-corrected chi connectivity index (χ4v) is 2.45. The van der Waals surface area contributed by atoms with Crippen LogP contribution in [0.1, 0.15) is 57.1 Å². The summed E-state index contributed by atoms with van der Waals surface area (Å²) in [5.41, 5.74) is 8.32. The van der Waals surface area contributed by atoms with Gasteiger partial charge in [0.15, 0.2) is 0 Å². The molecule has 0 aliphatic rings. The Labute approximate surface area is 117 Å². The van der Waals surface area contributed by atoms with E-state index in [1.807, 2.05) is 6.92 Å². The third kappa shape index (κ3) is 5.56. The topological polar surface area (TPSA) is 43.1 Å². The van der Waals surface area contributed by atoms with E-state index in [1.54, 1.807) is 0 Å². The summed E-state index contributed by atoms with van der Waals surface area (Å²) in [7, 11) is 0. The monoisotopic (exact) mass is 261 g/mol. The first kappa shape index (κ1) is 15.9. The normalized spacial score (nSPS) is 12.7. The molecule has 2 heteroatoms. The summed E-state index contributed by atoms with van der Waals surface area (Å²) in [6.07, 6.45) is 3.22. The van der Waals surface area contributed by atoms with Crippen molar-refractivity contribution in [1.82, 2.24) is 0 Å². The van der Waals surface area contributed by atoms with E-state index in [0.717, 1.165) is 12.8 Å². The molecule has 1 rings (SSSR count). The summed E-state index contributed by atoms with van der Waals surface area (Å²) >= 11 is 0. The van der Waals surface area contributed by atoms with Gasteiger partial charge in [0, 0.05) is 12.8 Å². The van der Waals surface area contributed by atoms with Crippen LogP contribution in [0.25, 0.3) is 0 Å². The lowest BCUT2D eigenvalue weighted by Gasteiger charge is -2.17. The second-order valence-corrected chi connectivity index (χ2v) is 5.71. The summed E-state index contributed by atoms with van der Waals surface area (Å²) in [6, 6.07) is 8.66. The van der Waals surface area contributed by atoms with Gasteiger partial charge in [-0.25, -0.2) is 0 Å². The van der Waals surface area contributed by atoms with Crippen LogP contribution >= 0.6 is 0 Å². The fraction of sp³-hybridized carbons (Fsp3) is 0.588. The number of hydrogen-bond acceptors (Lipinski definition) is 2. The molecule has 0 saturated carbocycles. The van der Waals surface area contributed by atoms with Gasteiger partial charge in [-0.3, -0.25) is 4.79 Å². The number of carbonyl (C=O) groups excluding carboxylic acids is 1. The van der Waals surface area contributed by atoms with Gasteiger partial charge in [-0.1, -0.05) is 45.0 Å². The predicted molar refractivity (Wildman–Crippen MR) is 81.3 cm³/mol. The lowest BCUT2D eigenvalue weighted by molar-refractivity contribution is -0.119. The Hall–Kier alpha value is -1.15. The van der Waals surface area contributed by atoms with Crippen LogP contribution in [0.5, 0.6) is 0 Å². The molecule has 1 aromatic carbocycles. The van der Waals surface area contributed by atoms with Gasteiger partial charge in [0.05, 0.1) is 0 Å². The Morgan fingerprint density at radius 3 is 2.63 bits per heavy atom. The first-order valence-electron chi connectivity index (χ1n) is 7.37. The average molecular weight is 261 g/mol. The van der Waals surface area contributed by atoms with Crippen molar-refractivity contribution in [2.75, 3.05) is 6.54 Å². The van der Waals surface area contributed by atoms with Crippen LogP contribution in [0, 0.1) is 5.92 Å². The Balaban J connectivity index is 2.85. The van der Waals surface area contributed by atoms with Gasteiger partial charge in [-0.05, 0) is 42.3 Å². The third-order valence-electron chi connectivity index (χ3n) is 3.45. The molecule has 0 unspecified atom stereocenters. The van der Waals surface area contributed by atoms with E-state index >= 15 is 0 Å². The highest BCUT2D eigenvalue weighted by atomic mass is 16.1. The molecule has 0 saturated heterocycles. The number of carbonyl (C=O) groups is 1. The third-order valence-corrected chi connectivity index (χ3v) is 3.45. The highest BCUT2D eigenvalue weighted by molar-refractivity contribution is 5.78. The van der Waals surface area contributed by atoms with Crippen LogP contribution < -0.4 is 5.73 Å². The number of Topliss-reactive ketones (excluding diaryl/α,β-unsaturated/α-hetero) is 1. The molecule has 0 heterocycles.